The number of benzene rings is 1. The Hall–Kier alpha value is -1.73. The van der Waals surface area contributed by atoms with Gasteiger partial charge in [-0.25, -0.2) is 9.78 Å². The highest BCUT2D eigenvalue weighted by atomic mass is 35.5. The Labute approximate surface area is 124 Å². The third kappa shape index (κ3) is 3.43. The number of nitrogens with zero attached hydrogens (tertiary/aromatic N) is 1. The number of carbonyl (C=O) groups excluding carboxylic acids is 2. The van der Waals surface area contributed by atoms with Gasteiger partial charge in [0.15, 0.2) is 5.16 Å². The highest BCUT2D eigenvalue weighted by Gasteiger charge is 2.18. The van der Waals surface area contributed by atoms with Gasteiger partial charge in [0.25, 0.3) is 0 Å². The van der Waals surface area contributed by atoms with Gasteiger partial charge < -0.3 is 10.3 Å². The molecule has 1 atom stereocenters. The third-order valence-corrected chi connectivity index (χ3v) is 3.76. The zero-order valence-electron chi connectivity index (χ0n) is 10.9. The number of hydrogen-bond donors (Lipinski definition) is 3. The number of urea groups is 1. The van der Waals surface area contributed by atoms with Crippen molar-refractivity contribution in [3.63, 3.8) is 0 Å². The zero-order valence-corrected chi connectivity index (χ0v) is 12.4. The van der Waals surface area contributed by atoms with Crippen molar-refractivity contribution < 1.29 is 9.59 Å². The largest absolute Gasteiger partial charge is 0.341 e. The standard InChI is InChI=1S/C12H13ClN4O2S/c1-6(10(18)17-11(19)14-2)20-12-15-8-4-3-7(13)5-9(8)16-12/h3-6H,1-2H3,(H,15,16)(H2,14,17,18,19)/t6-/m0/s1. The van der Waals surface area contributed by atoms with Gasteiger partial charge in [-0.15, -0.1) is 0 Å². The zero-order chi connectivity index (χ0) is 14.7. The van der Waals surface area contributed by atoms with E-state index in [1.807, 2.05) is 0 Å². The van der Waals surface area contributed by atoms with E-state index in [1.54, 1.807) is 25.1 Å². The van der Waals surface area contributed by atoms with Crippen molar-refractivity contribution in [3.8, 4) is 0 Å². The lowest BCUT2D eigenvalue weighted by molar-refractivity contribution is -0.119. The molecule has 0 aliphatic rings. The smallest absolute Gasteiger partial charge is 0.321 e. The summed E-state index contributed by atoms with van der Waals surface area (Å²) in [5.74, 6) is -0.382. The van der Waals surface area contributed by atoms with Crippen molar-refractivity contribution in [2.24, 2.45) is 0 Å². The van der Waals surface area contributed by atoms with Gasteiger partial charge in [-0.2, -0.15) is 0 Å². The summed E-state index contributed by atoms with van der Waals surface area (Å²) in [6, 6.07) is 4.79. The van der Waals surface area contributed by atoms with Crippen LogP contribution in [0.1, 0.15) is 6.92 Å². The number of nitrogens with one attached hydrogen (secondary N) is 3. The Morgan fingerprint density at radius 3 is 2.90 bits per heavy atom. The Morgan fingerprint density at radius 1 is 1.45 bits per heavy atom. The number of H-pyrrole nitrogens is 1. The number of imidazole rings is 1. The molecule has 0 aliphatic carbocycles. The molecule has 0 aliphatic heterocycles. The first-order valence-electron chi connectivity index (χ1n) is 5.84. The fourth-order valence-corrected chi connectivity index (χ4v) is 2.50. The van der Waals surface area contributed by atoms with E-state index in [1.165, 1.54) is 18.8 Å². The highest BCUT2D eigenvalue weighted by Crippen LogP contribution is 2.25. The molecule has 0 unspecified atom stereocenters. The molecular formula is C12H13ClN4O2S. The average molecular weight is 313 g/mol. The molecule has 2 aromatic rings. The number of carbonyl (C=O) groups is 2. The predicted molar refractivity (Wildman–Crippen MR) is 79.0 cm³/mol. The summed E-state index contributed by atoms with van der Waals surface area (Å²) in [7, 11) is 1.45. The Morgan fingerprint density at radius 2 is 2.20 bits per heavy atom. The number of rotatable bonds is 3. The molecule has 2 rings (SSSR count). The Bertz CT molecular complexity index is 658. The molecule has 3 N–H and O–H groups in total. The second-order valence-corrected chi connectivity index (χ2v) is 5.80. The first kappa shape index (κ1) is 14.7. The summed E-state index contributed by atoms with van der Waals surface area (Å²) < 4.78 is 0. The summed E-state index contributed by atoms with van der Waals surface area (Å²) in [6.07, 6.45) is 0. The van der Waals surface area contributed by atoms with Gasteiger partial charge in [0.1, 0.15) is 0 Å². The molecule has 0 saturated heterocycles. The molecule has 1 heterocycles. The normalized spacial score (nSPS) is 12.2. The first-order chi connectivity index (χ1) is 9.49. The Kier molecular flexibility index (Phi) is 4.51. The lowest BCUT2D eigenvalue weighted by Crippen LogP contribution is -2.41. The van der Waals surface area contributed by atoms with Crippen LogP contribution in [-0.4, -0.2) is 34.2 Å². The summed E-state index contributed by atoms with van der Waals surface area (Å²) in [6.45, 7) is 1.70. The van der Waals surface area contributed by atoms with Crippen LogP contribution in [0.2, 0.25) is 5.02 Å². The number of hydrogen-bond acceptors (Lipinski definition) is 4. The number of halogens is 1. The van der Waals surface area contributed by atoms with Crippen LogP contribution in [0, 0.1) is 0 Å². The molecule has 1 aromatic carbocycles. The monoisotopic (exact) mass is 312 g/mol. The van der Waals surface area contributed by atoms with E-state index >= 15 is 0 Å². The lowest BCUT2D eigenvalue weighted by Gasteiger charge is -2.08. The van der Waals surface area contributed by atoms with Crippen LogP contribution in [0.15, 0.2) is 23.4 Å². The van der Waals surface area contributed by atoms with E-state index in [4.69, 9.17) is 11.6 Å². The second-order valence-electron chi connectivity index (χ2n) is 4.03. The molecule has 20 heavy (non-hydrogen) atoms. The molecule has 8 heteroatoms. The fraction of sp³-hybridized carbons (Fsp3) is 0.250. The van der Waals surface area contributed by atoms with Crippen molar-refractivity contribution in [1.82, 2.24) is 20.6 Å². The van der Waals surface area contributed by atoms with Gasteiger partial charge in [-0.1, -0.05) is 23.4 Å². The molecule has 0 fully saturated rings. The molecular weight excluding hydrogens is 300 g/mol. The van der Waals surface area contributed by atoms with Crippen LogP contribution in [0.3, 0.4) is 0 Å². The average Bonchev–Trinajstić information content (AvgIpc) is 2.79. The molecule has 0 spiro atoms. The number of amides is 3. The molecule has 1 aromatic heterocycles. The lowest BCUT2D eigenvalue weighted by atomic mass is 10.3. The SMILES string of the molecule is CNC(=O)NC(=O)[C@H](C)Sc1nc2ccc(Cl)cc2[nH]1. The van der Waals surface area contributed by atoms with E-state index in [2.05, 4.69) is 20.6 Å². The van der Waals surface area contributed by atoms with Crippen LogP contribution < -0.4 is 10.6 Å². The second kappa shape index (κ2) is 6.15. The minimum atomic E-state index is -0.529. The number of fused-ring (bicyclic) bond motifs is 1. The predicted octanol–water partition coefficient (Wildman–Crippen LogP) is 2.15. The van der Waals surface area contributed by atoms with Crippen LogP contribution >= 0.6 is 23.4 Å². The van der Waals surface area contributed by atoms with Crippen molar-refractivity contribution in [3.05, 3.63) is 23.2 Å². The maximum absolute atomic E-state index is 11.7. The number of imide groups is 1. The number of thioether (sulfide) groups is 1. The van der Waals surface area contributed by atoms with E-state index in [9.17, 15) is 9.59 Å². The highest BCUT2D eigenvalue weighted by molar-refractivity contribution is 8.00. The molecule has 3 amide bonds. The first-order valence-corrected chi connectivity index (χ1v) is 7.10. The summed E-state index contributed by atoms with van der Waals surface area (Å²) in [4.78, 5) is 30.2. The van der Waals surface area contributed by atoms with E-state index in [0.717, 1.165) is 11.0 Å². The Balaban J connectivity index is 2.07. The minimum Gasteiger partial charge on any atom is -0.341 e. The summed E-state index contributed by atoms with van der Waals surface area (Å²) in [5, 5.41) is 5.30. The maximum Gasteiger partial charge on any atom is 0.321 e. The summed E-state index contributed by atoms with van der Waals surface area (Å²) in [5.41, 5.74) is 1.58. The van der Waals surface area contributed by atoms with Gasteiger partial charge in [-0.3, -0.25) is 10.1 Å². The van der Waals surface area contributed by atoms with Gasteiger partial charge in [0.2, 0.25) is 5.91 Å². The number of aromatic nitrogens is 2. The van der Waals surface area contributed by atoms with Crippen molar-refractivity contribution >= 4 is 46.3 Å². The van der Waals surface area contributed by atoms with Crippen molar-refractivity contribution in [1.29, 1.82) is 0 Å². The third-order valence-electron chi connectivity index (χ3n) is 2.54. The van der Waals surface area contributed by atoms with Crippen molar-refractivity contribution in [2.75, 3.05) is 7.05 Å². The van der Waals surface area contributed by atoms with Crippen LogP contribution in [-0.2, 0) is 4.79 Å². The quantitative estimate of drug-likeness (QED) is 0.758. The molecule has 0 radical (unpaired) electrons. The molecule has 6 nitrogen and oxygen atoms in total. The van der Waals surface area contributed by atoms with E-state index < -0.39 is 11.3 Å². The molecule has 0 saturated carbocycles. The minimum absolute atomic E-state index is 0.382. The van der Waals surface area contributed by atoms with Gasteiger partial charge in [-0.05, 0) is 25.1 Å². The van der Waals surface area contributed by atoms with E-state index in [0.29, 0.717) is 10.2 Å². The number of aromatic amines is 1. The van der Waals surface area contributed by atoms with Gasteiger partial charge >= 0.3 is 6.03 Å². The van der Waals surface area contributed by atoms with Gasteiger partial charge in [0, 0.05) is 12.1 Å². The van der Waals surface area contributed by atoms with Gasteiger partial charge in [0.05, 0.1) is 16.3 Å². The van der Waals surface area contributed by atoms with Crippen molar-refractivity contribution in [2.45, 2.75) is 17.3 Å². The van der Waals surface area contributed by atoms with E-state index in [-0.39, 0.29) is 5.91 Å². The topological polar surface area (TPSA) is 86.9 Å². The fourth-order valence-electron chi connectivity index (χ4n) is 1.51. The van der Waals surface area contributed by atoms with Crippen LogP contribution in [0.4, 0.5) is 4.79 Å². The maximum atomic E-state index is 11.7. The summed E-state index contributed by atoms with van der Waals surface area (Å²) >= 11 is 7.13. The van der Waals surface area contributed by atoms with Crippen LogP contribution in [0.5, 0.6) is 0 Å². The molecule has 106 valence electrons. The molecule has 0 bridgehead atoms. The van der Waals surface area contributed by atoms with Crippen LogP contribution in [0.25, 0.3) is 11.0 Å².